The van der Waals surface area contributed by atoms with Gasteiger partial charge in [0.25, 0.3) is 5.91 Å². The molecule has 3 fully saturated rings. The Morgan fingerprint density at radius 1 is 1.18 bits per heavy atom. The number of halogens is 1. The molecule has 0 aromatic heterocycles. The average molecular weight is 565 g/mol. The van der Waals surface area contributed by atoms with Gasteiger partial charge in [-0.05, 0) is 37.5 Å². The predicted molar refractivity (Wildman–Crippen MR) is 150 cm³/mol. The number of hydrogen-bond donors (Lipinski definition) is 1. The minimum atomic E-state index is -1.30. The fourth-order valence-electron chi connectivity index (χ4n) is 6.85. The Labute approximate surface area is 238 Å². The Hall–Kier alpha value is -3.46. The van der Waals surface area contributed by atoms with Crippen LogP contribution in [0.4, 0.5) is 5.69 Å². The van der Waals surface area contributed by atoms with E-state index in [1.807, 2.05) is 6.07 Å². The molecule has 9 heteroatoms. The number of aliphatic hydroxyl groups excluding tert-OH is 1. The third kappa shape index (κ3) is 4.26. The predicted octanol–water partition coefficient (Wildman–Crippen LogP) is 4.09. The summed E-state index contributed by atoms with van der Waals surface area (Å²) < 4.78 is 12.1. The van der Waals surface area contributed by atoms with Crippen molar-refractivity contribution in [2.75, 3.05) is 24.7 Å². The van der Waals surface area contributed by atoms with E-state index in [9.17, 15) is 19.5 Å². The Kier molecular flexibility index (Phi) is 7.61. The second-order valence-electron chi connectivity index (χ2n) is 10.7. The van der Waals surface area contributed by atoms with Crippen LogP contribution in [0.25, 0.3) is 0 Å². The quantitative estimate of drug-likeness (QED) is 0.345. The van der Waals surface area contributed by atoms with Crippen molar-refractivity contribution in [3.05, 3.63) is 90.5 Å². The van der Waals surface area contributed by atoms with Gasteiger partial charge in [0.05, 0.1) is 34.9 Å². The molecule has 40 heavy (non-hydrogen) atoms. The number of carbonyl (C=O) groups is 3. The van der Waals surface area contributed by atoms with E-state index < -0.39 is 59.5 Å². The number of likely N-dealkylation sites (tertiary alicyclic amines) is 1. The molecule has 0 radical (unpaired) electrons. The number of fused-ring (bicyclic) bond motifs is 1. The Balaban J connectivity index is 1.67. The molecule has 5 rings (SSSR count). The molecular formula is C31H33ClN2O6. The van der Waals surface area contributed by atoms with Gasteiger partial charge in [-0.1, -0.05) is 72.8 Å². The topological polar surface area (TPSA) is 96.4 Å². The summed E-state index contributed by atoms with van der Waals surface area (Å²) in [5, 5.41) is 11.0. The van der Waals surface area contributed by atoms with E-state index in [2.05, 4.69) is 13.2 Å². The average Bonchev–Trinajstić information content (AvgIpc) is 3.52. The van der Waals surface area contributed by atoms with Gasteiger partial charge in [-0.25, -0.2) is 0 Å². The minimum Gasteiger partial charge on any atom is -0.461 e. The van der Waals surface area contributed by atoms with Crippen molar-refractivity contribution in [2.45, 2.75) is 43.1 Å². The van der Waals surface area contributed by atoms with E-state index in [0.717, 1.165) is 0 Å². The zero-order valence-corrected chi connectivity index (χ0v) is 23.1. The second kappa shape index (κ2) is 10.8. The van der Waals surface area contributed by atoms with Gasteiger partial charge >= 0.3 is 5.97 Å². The first-order valence-corrected chi connectivity index (χ1v) is 13.7. The summed E-state index contributed by atoms with van der Waals surface area (Å²) in [4.78, 5) is 45.5. The standard InChI is InChI=1S/C31H33ClN2O6/c1-4-17-33(22-14-10-9-13-21(22)32)28(37)26-31-16-15-30(3,40-31)25(29(38)39-18-5-2)24(31)27(36)34(26)23(19-35)20-11-7-6-8-12-20/h4-14,23-26,35H,1-2,15-19H2,3H3/t23-,24+,25-,26?,30+,31?/m1/s1. The summed E-state index contributed by atoms with van der Waals surface area (Å²) in [6.07, 6.45) is 3.90. The maximum atomic E-state index is 14.7. The SMILES string of the molecule is C=CCOC(=O)[C@H]1[C@H]2C(=O)N([C@H](CO)c3ccccc3)C(C(=O)N(CC=C)c3ccccc3Cl)C23CC[C@]1(C)O3. The maximum Gasteiger partial charge on any atom is 0.313 e. The summed E-state index contributed by atoms with van der Waals surface area (Å²) in [5.41, 5.74) is -1.17. The van der Waals surface area contributed by atoms with Crippen LogP contribution < -0.4 is 4.90 Å². The van der Waals surface area contributed by atoms with Crippen LogP contribution in [0.1, 0.15) is 31.4 Å². The lowest BCUT2D eigenvalue weighted by atomic mass is 9.66. The van der Waals surface area contributed by atoms with Crippen molar-refractivity contribution in [3.8, 4) is 0 Å². The first kappa shape index (κ1) is 28.1. The number of nitrogens with zero attached hydrogens (tertiary/aromatic N) is 2. The molecule has 6 atom stereocenters. The minimum absolute atomic E-state index is 0.00566. The van der Waals surface area contributed by atoms with E-state index in [4.69, 9.17) is 21.1 Å². The lowest BCUT2D eigenvalue weighted by molar-refractivity contribution is -0.159. The number of carbonyl (C=O) groups excluding carboxylic acids is 3. The highest BCUT2D eigenvalue weighted by atomic mass is 35.5. The molecule has 2 aromatic rings. The van der Waals surface area contributed by atoms with Gasteiger partial charge in [-0.2, -0.15) is 0 Å². The Morgan fingerprint density at radius 3 is 2.52 bits per heavy atom. The van der Waals surface area contributed by atoms with Crippen molar-refractivity contribution >= 4 is 35.1 Å². The lowest BCUT2D eigenvalue weighted by Gasteiger charge is -2.39. The van der Waals surface area contributed by atoms with Crippen LogP contribution in [0.3, 0.4) is 0 Å². The maximum absolute atomic E-state index is 14.7. The zero-order chi connectivity index (χ0) is 28.7. The number of esters is 1. The molecule has 1 spiro atoms. The highest BCUT2D eigenvalue weighted by Gasteiger charge is 2.79. The summed E-state index contributed by atoms with van der Waals surface area (Å²) in [6, 6.07) is 14.0. The molecule has 1 N–H and O–H groups in total. The molecule has 2 unspecified atom stereocenters. The molecule has 3 heterocycles. The van der Waals surface area contributed by atoms with Gasteiger partial charge in [-0.15, -0.1) is 6.58 Å². The fraction of sp³-hybridized carbons (Fsp3) is 0.387. The highest BCUT2D eigenvalue weighted by Crippen LogP contribution is 2.64. The number of benzene rings is 2. The zero-order valence-electron chi connectivity index (χ0n) is 22.4. The Bertz CT molecular complexity index is 1330. The van der Waals surface area contributed by atoms with Crippen molar-refractivity contribution < 1.29 is 29.0 Å². The molecule has 210 valence electrons. The Morgan fingerprint density at radius 2 is 1.88 bits per heavy atom. The first-order valence-electron chi connectivity index (χ1n) is 13.4. The molecule has 3 saturated heterocycles. The molecule has 2 bridgehead atoms. The van der Waals surface area contributed by atoms with E-state index in [0.29, 0.717) is 29.1 Å². The van der Waals surface area contributed by atoms with Gasteiger partial charge in [0, 0.05) is 6.54 Å². The van der Waals surface area contributed by atoms with Crippen LogP contribution >= 0.6 is 11.6 Å². The monoisotopic (exact) mass is 564 g/mol. The smallest absolute Gasteiger partial charge is 0.313 e. The number of para-hydroxylation sites is 1. The van der Waals surface area contributed by atoms with Crippen LogP contribution in [-0.2, 0) is 23.9 Å². The fourth-order valence-corrected chi connectivity index (χ4v) is 7.09. The van der Waals surface area contributed by atoms with Crippen LogP contribution in [0.2, 0.25) is 5.02 Å². The number of amides is 2. The lowest BCUT2D eigenvalue weighted by Crippen LogP contribution is -2.57. The van der Waals surface area contributed by atoms with E-state index >= 15 is 0 Å². The van der Waals surface area contributed by atoms with Crippen LogP contribution in [-0.4, -0.2) is 64.8 Å². The van der Waals surface area contributed by atoms with Crippen LogP contribution in [0, 0.1) is 11.8 Å². The summed E-state index contributed by atoms with van der Waals surface area (Å²) in [5.74, 6) is -3.31. The van der Waals surface area contributed by atoms with Gasteiger partial charge in [0.1, 0.15) is 24.2 Å². The summed E-state index contributed by atoms with van der Waals surface area (Å²) >= 11 is 6.53. The number of ether oxygens (including phenoxy) is 2. The van der Waals surface area contributed by atoms with Gasteiger partial charge in [-0.3, -0.25) is 14.4 Å². The largest absolute Gasteiger partial charge is 0.461 e. The molecule has 2 amide bonds. The normalized spacial score (nSPS) is 29.1. The number of hydrogen-bond acceptors (Lipinski definition) is 6. The van der Waals surface area contributed by atoms with Crippen LogP contribution in [0.15, 0.2) is 79.9 Å². The molecule has 8 nitrogen and oxygen atoms in total. The molecule has 0 saturated carbocycles. The van der Waals surface area contributed by atoms with Crippen LogP contribution in [0.5, 0.6) is 0 Å². The number of rotatable bonds is 10. The third-order valence-corrected chi connectivity index (χ3v) is 8.78. The van der Waals surface area contributed by atoms with E-state index in [1.165, 1.54) is 15.9 Å². The van der Waals surface area contributed by atoms with Crippen molar-refractivity contribution in [1.82, 2.24) is 4.90 Å². The third-order valence-electron chi connectivity index (χ3n) is 8.46. The summed E-state index contributed by atoms with van der Waals surface area (Å²) in [7, 11) is 0. The van der Waals surface area contributed by atoms with Crippen molar-refractivity contribution in [3.63, 3.8) is 0 Å². The van der Waals surface area contributed by atoms with Gasteiger partial charge in [0.2, 0.25) is 5.91 Å². The highest BCUT2D eigenvalue weighted by molar-refractivity contribution is 6.34. The first-order chi connectivity index (χ1) is 19.2. The number of aliphatic hydroxyl groups is 1. The number of anilines is 1. The molecule has 3 aliphatic heterocycles. The van der Waals surface area contributed by atoms with E-state index in [1.54, 1.807) is 61.5 Å². The molecule has 3 aliphatic rings. The molecular weight excluding hydrogens is 532 g/mol. The van der Waals surface area contributed by atoms with Crippen molar-refractivity contribution in [2.24, 2.45) is 11.8 Å². The molecule has 2 aromatic carbocycles. The second-order valence-corrected chi connectivity index (χ2v) is 11.1. The van der Waals surface area contributed by atoms with E-state index in [-0.39, 0.29) is 13.2 Å². The molecule has 0 aliphatic carbocycles. The summed E-state index contributed by atoms with van der Waals surface area (Å²) in [6.45, 7) is 8.93. The van der Waals surface area contributed by atoms with Gasteiger partial charge < -0.3 is 24.4 Å². The van der Waals surface area contributed by atoms with Gasteiger partial charge in [0.15, 0.2) is 0 Å². The van der Waals surface area contributed by atoms with Crippen molar-refractivity contribution in [1.29, 1.82) is 0 Å².